The molecule has 1 saturated carbocycles. The van der Waals surface area contributed by atoms with Crippen LogP contribution in [0.3, 0.4) is 0 Å². The van der Waals surface area contributed by atoms with Gasteiger partial charge in [0.15, 0.2) is 11.5 Å². The fourth-order valence-corrected chi connectivity index (χ4v) is 5.18. The van der Waals surface area contributed by atoms with Gasteiger partial charge < -0.3 is 14.2 Å². The van der Waals surface area contributed by atoms with Crippen LogP contribution in [0.5, 0.6) is 11.5 Å². The average Bonchev–Trinajstić information content (AvgIpc) is 3.46. The molecular formula is C27H35NO5. The van der Waals surface area contributed by atoms with Crippen molar-refractivity contribution >= 4 is 12.0 Å². The van der Waals surface area contributed by atoms with Gasteiger partial charge in [-0.2, -0.15) is 0 Å². The molecular weight excluding hydrogens is 418 g/mol. The van der Waals surface area contributed by atoms with E-state index >= 15 is 0 Å². The Kier molecular flexibility index (Phi) is 7.11. The molecule has 0 N–H and O–H groups in total. The molecule has 178 valence electrons. The molecule has 2 aliphatic carbocycles. The average molecular weight is 454 g/mol. The molecule has 0 bridgehead atoms. The molecule has 3 aliphatic rings. The lowest BCUT2D eigenvalue weighted by Gasteiger charge is -2.30. The molecule has 0 spiro atoms. The number of amides is 2. The van der Waals surface area contributed by atoms with Gasteiger partial charge in [0.25, 0.3) is 0 Å². The number of ether oxygens (including phenoxy) is 3. The molecule has 0 aromatic heterocycles. The third kappa shape index (κ3) is 4.94. The van der Waals surface area contributed by atoms with Crippen molar-refractivity contribution in [2.24, 2.45) is 0 Å². The van der Waals surface area contributed by atoms with Crippen molar-refractivity contribution in [2.75, 3.05) is 20.3 Å². The van der Waals surface area contributed by atoms with Crippen LogP contribution in [0.15, 0.2) is 42.0 Å². The van der Waals surface area contributed by atoms with E-state index in [2.05, 4.69) is 12.7 Å². The molecule has 6 heteroatoms. The van der Waals surface area contributed by atoms with E-state index in [0.29, 0.717) is 11.5 Å². The topological polar surface area (TPSA) is 65.1 Å². The first kappa shape index (κ1) is 23.4. The summed E-state index contributed by atoms with van der Waals surface area (Å²) in [6.45, 7) is 6.58. The summed E-state index contributed by atoms with van der Waals surface area (Å²) < 4.78 is 17.3. The zero-order valence-corrected chi connectivity index (χ0v) is 19.9. The fraction of sp³-hybridized carbons (Fsp3) is 0.556. The first-order chi connectivity index (χ1) is 15.9. The molecule has 1 aromatic rings. The van der Waals surface area contributed by atoms with Gasteiger partial charge in [-0.05, 0) is 81.6 Å². The zero-order chi connectivity index (χ0) is 23.4. The second kappa shape index (κ2) is 10.0. The van der Waals surface area contributed by atoms with E-state index in [1.54, 1.807) is 7.11 Å². The first-order valence-corrected chi connectivity index (χ1v) is 12.1. The van der Waals surface area contributed by atoms with Crippen molar-refractivity contribution < 1.29 is 23.8 Å². The van der Waals surface area contributed by atoms with Crippen LogP contribution in [0.25, 0.3) is 0 Å². The summed E-state index contributed by atoms with van der Waals surface area (Å²) in [6, 6.07) is 5.79. The summed E-state index contributed by atoms with van der Waals surface area (Å²) >= 11 is 0. The summed E-state index contributed by atoms with van der Waals surface area (Å²) in [5.41, 5.74) is 2.19. The molecule has 1 heterocycles. The van der Waals surface area contributed by atoms with E-state index in [1.807, 2.05) is 25.1 Å². The molecule has 0 radical (unpaired) electrons. The van der Waals surface area contributed by atoms with Gasteiger partial charge in [-0.15, -0.1) is 0 Å². The Balaban J connectivity index is 1.54. The van der Waals surface area contributed by atoms with E-state index in [9.17, 15) is 9.59 Å². The molecule has 1 aliphatic heterocycles. The number of methoxy groups -OCH3 is 1. The molecule has 6 nitrogen and oxygen atoms in total. The Hall–Kier alpha value is -2.76. The van der Waals surface area contributed by atoms with Crippen LogP contribution < -0.4 is 9.47 Å². The van der Waals surface area contributed by atoms with Gasteiger partial charge in [0.2, 0.25) is 5.91 Å². The number of allylic oxidation sites excluding steroid dienone is 1. The molecule has 1 saturated heterocycles. The normalized spacial score (nSPS) is 23.4. The SMILES string of the molecule is C=C(C)C1(c2ccc(OC)c(OC3CCCC3)c2)CC(=O)N(C(=O)OCC2=CCCCC2)C1. The Morgan fingerprint density at radius 2 is 1.97 bits per heavy atom. The van der Waals surface area contributed by atoms with Crippen LogP contribution in [-0.2, 0) is 14.9 Å². The maximum absolute atomic E-state index is 13.0. The maximum Gasteiger partial charge on any atom is 0.416 e. The maximum atomic E-state index is 13.0. The number of hydrogen-bond donors (Lipinski definition) is 0. The number of imide groups is 1. The van der Waals surface area contributed by atoms with Crippen LogP contribution in [0.1, 0.15) is 70.3 Å². The number of likely N-dealkylation sites (tertiary alicyclic amines) is 1. The zero-order valence-electron chi connectivity index (χ0n) is 19.9. The quantitative estimate of drug-likeness (QED) is 0.496. The van der Waals surface area contributed by atoms with Crippen LogP contribution in [0.4, 0.5) is 4.79 Å². The number of nitrogens with zero attached hydrogens (tertiary/aromatic N) is 1. The Labute approximate surface area is 196 Å². The van der Waals surface area contributed by atoms with Gasteiger partial charge in [-0.3, -0.25) is 4.79 Å². The largest absolute Gasteiger partial charge is 0.493 e. The second-order valence-electron chi connectivity index (χ2n) is 9.57. The molecule has 1 aromatic carbocycles. The van der Waals surface area contributed by atoms with Crippen LogP contribution in [-0.4, -0.2) is 43.3 Å². The van der Waals surface area contributed by atoms with Crippen molar-refractivity contribution in [2.45, 2.75) is 76.2 Å². The molecule has 2 fully saturated rings. The van der Waals surface area contributed by atoms with Crippen LogP contribution >= 0.6 is 0 Å². The lowest BCUT2D eigenvalue weighted by atomic mass is 9.74. The van der Waals surface area contributed by atoms with Gasteiger partial charge in [0, 0.05) is 18.4 Å². The molecule has 1 unspecified atom stereocenters. The predicted molar refractivity (Wildman–Crippen MR) is 127 cm³/mol. The van der Waals surface area contributed by atoms with Crippen LogP contribution in [0, 0.1) is 0 Å². The Morgan fingerprint density at radius 3 is 2.64 bits per heavy atom. The fourth-order valence-electron chi connectivity index (χ4n) is 5.18. The summed E-state index contributed by atoms with van der Waals surface area (Å²) in [6.07, 6.45) is 10.6. The highest BCUT2D eigenvalue weighted by atomic mass is 16.6. The standard InChI is InChI=1S/C27H35NO5/c1-19(2)27(21-13-14-23(31-3)24(15-21)33-22-11-7-8-12-22)16-25(29)28(18-27)26(30)32-17-20-9-5-4-6-10-20/h9,13-15,22H,1,4-8,10-12,16-18H2,2-3H3. The highest BCUT2D eigenvalue weighted by Gasteiger charge is 2.48. The lowest BCUT2D eigenvalue weighted by Crippen LogP contribution is -2.37. The van der Waals surface area contributed by atoms with Gasteiger partial charge >= 0.3 is 6.09 Å². The van der Waals surface area contributed by atoms with Crippen molar-refractivity contribution in [3.63, 3.8) is 0 Å². The Bertz CT molecular complexity index is 946. The van der Waals surface area contributed by atoms with E-state index in [4.69, 9.17) is 14.2 Å². The van der Waals surface area contributed by atoms with Crippen LogP contribution in [0.2, 0.25) is 0 Å². The van der Waals surface area contributed by atoms with Gasteiger partial charge in [0.05, 0.1) is 13.2 Å². The van der Waals surface area contributed by atoms with Crippen molar-refractivity contribution in [3.8, 4) is 11.5 Å². The van der Waals surface area contributed by atoms with E-state index in [-0.39, 0.29) is 31.6 Å². The minimum absolute atomic E-state index is 0.176. The first-order valence-electron chi connectivity index (χ1n) is 12.1. The number of benzene rings is 1. The molecule has 2 amide bonds. The van der Waals surface area contributed by atoms with Crippen molar-refractivity contribution in [1.82, 2.24) is 4.90 Å². The summed E-state index contributed by atoms with van der Waals surface area (Å²) in [5.74, 6) is 1.11. The number of carbonyl (C=O) groups excluding carboxylic acids is 2. The Morgan fingerprint density at radius 1 is 1.18 bits per heavy atom. The number of carbonyl (C=O) groups is 2. The smallest absolute Gasteiger partial charge is 0.416 e. The molecule has 4 rings (SSSR count). The summed E-state index contributed by atoms with van der Waals surface area (Å²) in [7, 11) is 1.63. The van der Waals surface area contributed by atoms with Crippen molar-refractivity contribution in [1.29, 1.82) is 0 Å². The second-order valence-corrected chi connectivity index (χ2v) is 9.57. The minimum Gasteiger partial charge on any atom is -0.493 e. The van der Waals surface area contributed by atoms with Gasteiger partial charge in [-0.25, -0.2) is 9.69 Å². The highest BCUT2D eigenvalue weighted by molar-refractivity contribution is 5.95. The van der Waals surface area contributed by atoms with E-state index in [1.165, 1.54) is 24.2 Å². The number of hydrogen-bond acceptors (Lipinski definition) is 5. The third-order valence-electron chi connectivity index (χ3n) is 7.30. The van der Waals surface area contributed by atoms with E-state index in [0.717, 1.165) is 48.8 Å². The van der Waals surface area contributed by atoms with Gasteiger partial charge in [-0.1, -0.05) is 24.3 Å². The monoisotopic (exact) mass is 453 g/mol. The highest BCUT2D eigenvalue weighted by Crippen LogP contribution is 2.44. The predicted octanol–water partition coefficient (Wildman–Crippen LogP) is 5.70. The molecule has 33 heavy (non-hydrogen) atoms. The lowest BCUT2D eigenvalue weighted by molar-refractivity contribution is -0.126. The summed E-state index contributed by atoms with van der Waals surface area (Å²) in [5, 5.41) is 0. The minimum atomic E-state index is -0.680. The summed E-state index contributed by atoms with van der Waals surface area (Å²) in [4.78, 5) is 27.0. The third-order valence-corrected chi connectivity index (χ3v) is 7.30. The van der Waals surface area contributed by atoms with Crippen molar-refractivity contribution in [3.05, 3.63) is 47.6 Å². The van der Waals surface area contributed by atoms with Gasteiger partial charge in [0.1, 0.15) is 6.61 Å². The van der Waals surface area contributed by atoms with E-state index < -0.39 is 11.5 Å². The number of rotatable bonds is 7. The molecule has 1 atom stereocenters.